The molecular formula is C19H31ClN4O2. The van der Waals surface area contributed by atoms with Gasteiger partial charge in [0.15, 0.2) is 0 Å². The summed E-state index contributed by atoms with van der Waals surface area (Å²) in [6, 6.07) is 0.758. The number of rotatable bonds is 9. The predicted molar refractivity (Wildman–Crippen MR) is 102 cm³/mol. The van der Waals surface area contributed by atoms with Crippen LogP contribution in [-0.2, 0) is 11.3 Å². The van der Waals surface area contributed by atoms with Crippen LogP contribution >= 0.6 is 11.6 Å². The minimum Gasteiger partial charge on any atom is -0.395 e. The molecule has 3 heterocycles. The van der Waals surface area contributed by atoms with E-state index in [0.717, 1.165) is 38.8 Å². The summed E-state index contributed by atoms with van der Waals surface area (Å²) < 4.78 is 1.88. The van der Waals surface area contributed by atoms with E-state index in [9.17, 15) is 4.79 Å². The Morgan fingerprint density at radius 1 is 1.46 bits per heavy atom. The van der Waals surface area contributed by atoms with E-state index < -0.39 is 0 Å². The minimum absolute atomic E-state index is 0.0101. The van der Waals surface area contributed by atoms with E-state index in [1.807, 2.05) is 10.9 Å². The zero-order valence-corrected chi connectivity index (χ0v) is 16.6. The largest absolute Gasteiger partial charge is 0.395 e. The molecule has 1 amide bonds. The molecule has 2 saturated heterocycles. The molecule has 2 bridgehead atoms. The van der Waals surface area contributed by atoms with Gasteiger partial charge in [0.25, 0.3) is 0 Å². The Bertz CT molecular complexity index is 620. The van der Waals surface area contributed by atoms with E-state index in [0.29, 0.717) is 23.5 Å². The molecule has 0 aliphatic carbocycles. The summed E-state index contributed by atoms with van der Waals surface area (Å²) in [6.45, 7) is 6.44. The second kappa shape index (κ2) is 8.28. The smallest absolute Gasteiger partial charge is 0.227 e. The van der Waals surface area contributed by atoms with Gasteiger partial charge in [0.1, 0.15) is 0 Å². The lowest BCUT2D eigenvalue weighted by molar-refractivity contribution is -0.133. The van der Waals surface area contributed by atoms with Gasteiger partial charge >= 0.3 is 0 Å². The van der Waals surface area contributed by atoms with Crippen molar-refractivity contribution in [1.29, 1.82) is 0 Å². The molecule has 26 heavy (non-hydrogen) atoms. The Kier molecular flexibility index (Phi) is 6.25. The maximum atomic E-state index is 13.1. The SMILES string of the molecule is CC(C)CC[C@]1(C(=O)NCCO)C[C@H]2CC[C@@H]1N2CCn1cc(Cl)cn1. The number of aliphatic hydroxyl groups excluding tert-OH is 1. The quantitative estimate of drug-likeness (QED) is 0.687. The van der Waals surface area contributed by atoms with Crippen molar-refractivity contribution in [1.82, 2.24) is 20.0 Å². The highest BCUT2D eigenvalue weighted by molar-refractivity contribution is 6.30. The van der Waals surface area contributed by atoms with Gasteiger partial charge in [-0.05, 0) is 38.0 Å². The fraction of sp³-hybridized carbons (Fsp3) is 0.789. The molecule has 0 aromatic carbocycles. The fourth-order valence-electron chi connectivity index (χ4n) is 4.84. The molecule has 2 fully saturated rings. The van der Waals surface area contributed by atoms with Crippen LogP contribution < -0.4 is 5.32 Å². The Morgan fingerprint density at radius 3 is 2.92 bits per heavy atom. The highest BCUT2D eigenvalue weighted by Gasteiger charge is 2.58. The van der Waals surface area contributed by atoms with Crippen LogP contribution in [0.3, 0.4) is 0 Å². The van der Waals surface area contributed by atoms with Gasteiger partial charge in [0.05, 0.1) is 29.8 Å². The van der Waals surface area contributed by atoms with Crippen molar-refractivity contribution in [3.63, 3.8) is 0 Å². The molecule has 3 rings (SSSR count). The molecule has 146 valence electrons. The number of aromatic nitrogens is 2. The second-order valence-electron chi connectivity index (χ2n) is 8.18. The lowest BCUT2D eigenvalue weighted by atomic mass is 9.69. The highest BCUT2D eigenvalue weighted by atomic mass is 35.5. The van der Waals surface area contributed by atoms with Crippen LogP contribution in [0, 0.1) is 11.3 Å². The molecule has 3 atom stereocenters. The van der Waals surface area contributed by atoms with Crippen molar-refractivity contribution in [2.75, 3.05) is 19.7 Å². The third-order valence-corrected chi connectivity index (χ3v) is 6.28. The molecule has 0 radical (unpaired) electrons. The van der Waals surface area contributed by atoms with E-state index in [-0.39, 0.29) is 24.0 Å². The number of carbonyl (C=O) groups excluding carboxylic acids is 1. The average molecular weight is 383 g/mol. The molecule has 0 unspecified atom stereocenters. The van der Waals surface area contributed by atoms with E-state index in [1.54, 1.807) is 6.20 Å². The first kappa shape index (κ1) is 19.6. The maximum Gasteiger partial charge on any atom is 0.227 e. The van der Waals surface area contributed by atoms with E-state index >= 15 is 0 Å². The van der Waals surface area contributed by atoms with Gasteiger partial charge in [0, 0.05) is 31.4 Å². The molecule has 2 aliphatic heterocycles. The Labute approximate surface area is 160 Å². The molecule has 6 nitrogen and oxygen atoms in total. The van der Waals surface area contributed by atoms with Crippen molar-refractivity contribution in [2.24, 2.45) is 11.3 Å². The molecule has 1 aromatic rings. The highest BCUT2D eigenvalue weighted by Crippen LogP contribution is 2.52. The number of hydrogen-bond donors (Lipinski definition) is 2. The molecule has 0 spiro atoms. The minimum atomic E-state index is -0.315. The summed E-state index contributed by atoms with van der Waals surface area (Å²) in [4.78, 5) is 15.6. The third kappa shape index (κ3) is 3.92. The predicted octanol–water partition coefficient (Wildman–Crippen LogP) is 2.30. The van der Waals surface area contributed by atoms with Gasteiger partial charge in [-0.1, -0.05) is 25.4 Å². The normalized spacial score (nSPS) is 28.2. The summed E-state index contributed by atoms with van der Waals surface area (Å²) in [5, 5.41) is 17.0. The first-order valence-electron chi connectivity index (χ1n) is 9.79. The number of carbonyl (C=O) groups is 1. The summed E-state index contributed by atoms with van der Waals surface area (Å²) in [6.07, 6.45) is 8.67. The van der Waals surface area contributed by atoms with Crippen LogP contribution in [0.4, 0.5) is 0 Å². The van der Waals surface area contributed by atoms with Gasteiger partial charge in [-0.15, -0.1) is 0 Å². The van der Waals surface area contributed by atoms with Crippen LogP contribution in [0.5, 0.6) is 0 Å². The van der Waals surface area contributed by atoms with Crippen LogP contribution in [0.1, 0.15) is 46.0 Å². The van der Waals surface area contributed by atoms with E-state index in [1.165, 1.54) is 6.42 Å². The Morgan fingerprint density at radius 2 is 2.27 bits per heavy atom. The molecular weight excluding hydrogens is 352 g/mol. The number of fused-ring (bicyclic) bond motifs is 2. The van der Waals surface area contributed by atoms with Gasteiger partial charge in [-0.3, -0.25) is 14.4 Å². The topological polar surface area (TPSA) is 70.4 Å². The van der Waals surface area contributed by atoms with Gasteiger partial charge in [0.2, 0.25) is 5.91 Å². The first-order valence-corrected chi connectivity index (χ1v) is 10.2. The first-order chi connectivity index (χ1) is 12.5. The van der Waals surface area contributed by atoms with Crippen LogP contribution in [0.2, 0.25) is 5.02 Å². The lowest BCUT2D eigenvalue weighted by Crippen LogP contribution is -2.50. The number of amides is 1. The molecule has 2 N–H and O–H groups in total. The van der Waals surface area contributed by atoms with Crippen molar-refractivity contribution >= 4 is 17.5 Å². The second-order valence-corrected chi connectivity index (χ2v) is 8.62. The van der Waals surface area contributed by atoms with Gasteiger partial charge in [-0.2, -0.15) is 5.10 Å². The van der Waals surface area contributed by atoms with Gasteiger partial charge < -0.3 is 10.4 Å². The van der Waals surface area contributed by atoms with Crippen LogP contribution in [-0.4, -0.2) is 57.5 Å². The Hall–Kier alpha value is -1.11. The molecule has 1 aromatic heterocycles. The average Bonchev–Trinajstić information content (AvgIpc) is 3.29. The number of hydrogen-bond acceptors (Lipinski definition) is 4. The molecule has 2 aliphatic rings. The summed E-state index contributed by atoms with van der Waals surface area (Å²) in [5.41, 5.74) is -0.315. The van der Waals surface area contributed by atoms with Crippen LogP contribution in [0.25, 0.3) is 0 Å². The van der Waals surface area contributed by atoms with E-state index in [4.69, 9.17) is 16.7 Å². The molecule has 7 heteroatoms. The number of nitrogens with zero attached hydrogens (tertiary/aromatic N) is 3. The van der Waals surface area contributed by atoms with Crippen LogP contribution in [0.15, 0.2) is 12.4 Å². The van der Waals surface area contributed by atoms with Gasteiger partial charge in [-0.25, -0.2) is 0 Å². The summed E-state index contributed by atoms with van der Waals surface area (Å²) >= 11 is 5.96. The van der Waals surface area contributed by atoms with Crippen molar-refractivity contribution < 1.29 is 9.90 Å². The zero-order valence-electron chi connectivity index (χ0n) is 15.8. The Balaban J connectivity index is 1.72. The maximum absolute atomic E-state index is 13.1. The van der Waals surface area contributed by atoms with Crippen molar-refractivity contribution in [3.05, 3.63) is 17.4 Å². The summed E-state index contributed by atoms with van der Waals surface area (Å²) in [7, 11) is 0. The zero-order chi connectivity index (χ0) is 18.7. The number of halogens is 1. The summed E-state index contributed by atoms with van der Waals surface area (Å²) in [5.74, 6) is 0.711. The standard InChI is InChI=1S/C19H31ClN4O2/c1-14(2)5-6-19(18(26)21-7-10-25)11-16-3-4-17(19)24(16)9-8-23-13-15(20)12-22-23/h12-14,16-17,25H,3-11H2,1-2H3,(H,21,26)/t16-,17+,19+/m1/s1. The monoisotopic (exact) mass is 382 g/mol. The number of aliphatic hydroxyl groups is 1. The van der Waals surface area contributed by atoms with E-state index in [2.05, 4.69) is 29.2 Å². The fourth-order valence-corrected chi connectivity index (χ4v) is 5.00. The van der Waals surface area contributed by atoms with Crippen molar-refractivity contribution in [3.8, 4) is 0 Å². The lowest BCUT2D eigenvalue weighted by Gasteiger charge is -2.37. The third-order valence-electron chi connectivity index (χ3n) is 6.09. The van der Waals surface area contributed by atoms with Crippen molar-refractivity contribution in [2.45, 2.75) is 64.6 Å². The number of nitrogens with one attached hydrogen (secondary N) is 1. The molecule has 0 saturated carbocycles.